The minimum absolute atomic E-state index is 0.0169. The molecule has 2 aromatic carbocycles. The van der Waals surface area contributed by atoms with Crippen molar-refractivity contribution in [2.45, 2.75) is 39.2 Å². The van der Waals surface area contributed by atoms with Crippen LogP contribution in [0.3, 0.4) is 0 Å². The average Bonchev–Trinajstić information content (AvgIpc) is 2.76. The van der Waals surface area contributed by atoms with E-state index in [2.05, 4.69) is 10.6 Å². The van der Waals surface area contributed by atoms with Crippen LogP contribution in [-0.4, -0.2) is 46.2 Å². The first-order valence-corrected chi connectivity index (χ1v) is 12.3. The van der Waals surface area contributed by atoms with Crippen molar-refractivity contribution < 1.29 is 22.7 Å². The summed E-state index contributed by atoms with van der Waals surface area (Å²) in [4.78, 5) is 25.0. The van der Waals surface area contributed by atoms with Gasteiger partial charge in [-0.1, -0.05) is 31.2 Å². The Balaban J connectivity index is 2.05. The quantitative estimate of drug-likeness (QED) is 0.534. The fourth-order valence-electron chi connectivity index (χ4n) is 3.09. The molecule has 32 heavy (non-hydrogen) atoms. The summed E-state index contributed by atoms with van der Waals surface area (Å²) >= 11 is 0. The Bertz CT molecular complexity index is 1040. The van der Waals surface area contributed by atoms with Gasteiger partial charge in [0.15, 0.2) is 0 Å². The van der Waals surface area contributed by atoms with Crippen LogP contribution in [0.4, 0.5) is 11.4 Å². The van der Waals surface area contributed by atoms with Crippen LogP contribution in [0, 0.1) is 0 Å². The van der Waals surface area contributed by atoms with Gasteiger partial charge in [-0.2, -0.15) is 0 Å². The number of benzene rings is 2. The van der Waals surface area contributed by atoms with Gasteiger partial charge in [0.2, 0.25) is 15.9 Å². The van der Waals surface area contributed by atoms with Gasteiger partial charge < -0.3 is 15.4 Å². The van der Waals surface area contributed by atoms with Crippen LogP contribution in [0.25, 0.3) is 0 Å². The number of rotatable bonds is 11. The number of carbonyl (C=O) groups excluding carboxylic acids is 2. The van der Waals surface area contributed by atoms with E-state index in [1.807, 2.05) is 13.8 Å². The fraction of sp³-hybridized carbons (Fsp3) is 0.391. The highest BCUT2D eigenvalue weighted by Crippen LogP contribution is 2.29. The molecule has 2 amide bonds. The molecule has 0 bridgehead atoms. The van der Waals surface area contributed by atoms with Crippen LogP contribution in [0.15, 0.2) is 48.5 Å². The standard InChI is InChI=1S/C23H31N3O5S/c1-5-17(2)24-23(28)18-11-6-7-12-19(18)25-22(27)15-10-16-26(32(4,29)30)20-13-8-9-14-21(20)31-3/h6-9,11-14,17H,5,10,15-16H2,1-4H3,(H,24,28)(H,25,27)/t17-/m0/s1. The van der Waals surface area contributed by atoms with Crippen molar-refractivity contribution in [1.82, 2.24) is 5.32 Å². The number of nitrogens with one attached hydrogen (secondary N) is 2. The molecule has 9 heteroatoms. The SMILES string of the molecule is CC[C@H](C)NC(=O)c1ccccc1NC(=O)CCCN(c1ccccc1OC)S(C)(=O)=O. The molecule has 8 nitrogen and oxygen atoms in total. The lowest BCUT2D eigenvalue weighted by atomic mass is 10.1. The van der Waals surface area contributed by atoms with Crippen molar-refractivity contribution in [1.29, 1.82) is 0 Å². The second-order valence-corrected chi connectivity index (χ2v) is 9.39. The van der Waals surface area contributed by atoms with E-state index in [0.29, 0.717) is 22.7 Å². The fourth-order valence-corrected chi connectivity index (χ4v) is 4.06. The molecule has 0 aliphatic carbocycles. The predicted octanol–water partition coefficient (Wildman–Crippen LogP) is 3.41. The lowest BCUT2D eigenvalue weighted by molar-refractivity contribution is -0.116. The van der Waals surface area contributed by atoms with E-state index in [1.54, 1.807) is 48.5 Å². The van der Waals surface area contributed by atoms with Gasteiger partial charge in [0, 0.05) is 19.0 Å². The first-order chi connectivity index (χ1) is 15.2. The summed E-state index contributed by atoms with van der Waals surface area (Å²) in [6, 6.07) is 13.6. The zero-order valence-corrected chi connectivity index (χ0v) is 19.7. The molecule has 0 fully saturated rings. The number of hydrogen-bond acceptors (Lipinski definition) is 5. The topological polar surface area (TPSA) is 105 Å². The minimum atomic E-state index is -3.57. The van der Waals surface area contributed by atoms with Gasteiger partial charge in [-0.3, -0.25) is 13.9 Å². The summed E-state index contributed by atoms with van der Waals surface area (Å²) in [5.74, 6) is -0.124. The third kappa shape index (κ3) is 6.98. The van der Waals surface area contributed by atoms with E-state index in [9.17, 15) is 18.0 Å². The highest BCUT2D eigenvalue weighted by Gasteiger charge is 2.21. The number of methoxy groups -OCH3 is 1. The van der Waals surface area contributed by atoms with Crippen LogP contribution >= 0.6 is 0 Å². The van der Waals surface area contributed by atoms with E-state index in [0.717, 1.165) is 12.7 Å². The minimum Gasteiger partial charge on any atom is -0.495 e. The van der Waals surface area contributed by atoms with Crippen molar-refractivity contribution in [3.05, 3.63) is 54.1 Å². The lowest BCUT2D eigenvalue weighted by Gasteiger charge is -2.24. The van der Waals surface area contributed by atoms with Crippen molar-refractivity contribution in [2.24, 2.45) is 0 Å². The van der Waals surface area contributed by atoms with Crippen LogP contribution in [-0.2, 0) is 14.8 Å². The van der Waals surface area contributed by atoms with Crippen molar-refractivity contribution in [3.63, 3.8) is 0 Å². The molecule has 2 rings (SSSR count). The molecular formula is C23H31N3O5S. The van der Waals surface area contributed by atoms with Gasteiger partial charge in [0.1, 0.15) is 5.75 Å². The molecule has 0 radical (unpaired) electrons. The van der Waals surface area contributed by atoms with Gasteiger partial charge >= 0.3 is 0 Å². The summed E-state index contributed by atoms with van der Waals surface area (Å²) < 4.78 is 31.2. The molecule has 0 heterocycles. The Hall–Kier alpha value is -3.07. The van der Waals surface area contributed by atoms with Crippen LogP contribution in [0.2, 0.25) is 0 Å². The highest BCUT2D eigenvalue weighted by molar-refractivity contribution is 7.92. The molecule has 174 valence electrons. The number of anilines is 2. The number of carbonyl (C=O) groups is 2. The van der Waals surface area contributed by atoms with Gasteiger partial charge in [-0.15, -0.1) is 0 Å². The zero-order valence-electron chi connectivity index (χ0n) is 18.9. The maximum absolute atomic E-state index is 12.5. The summed E-state index contributed by atoms with van der Waals surface area (Å²) in [7, 11) is -2.10. The van der Waals surface area contributed by atoms with E-state index in [-0.39, 0.29) is 37.2 Å². The number of ether oxygens (including phenoxy) is 1. The number of amides is 2. The Labute approximate surface area is 190 Å². The molecule has 0 aromatic heterocycles. The third-order valence-corrected chi connectivity index (χ3v) is 6.13. The Kier molecular flexibility index (Phi) is 9.07. The van der Waals surface area contributed by atoms with E-state index in [1.165, 1.54) is 11.4 Å². The third-order valence-electron chi connectivity index (χ3n) is 4.95. The second kappa shape index (κ2) is 11.5. The Morgan fingerprint density at radius 3 is 2.41 bits per heavy atom. The molecule has 0 saturated carbocycles. The van der Waals surface area contributed by atoms with E-state index in [4.69, 9.17) is 4.74 Å². The first kappa shape index (κ1) is 25.2. The maximum Gasteiger partial charge on any atom is 0.253 e. The van der Waals surface area contributed by atoms with Crippen LogP contribution < -0.4 is 19.7 Å². The first-order valence-electron chi connectivity index (χ1n) is 10.5. The van der Waals surface area contributed by atoms with Crippen molar-refractivity contribution >= 4 is 33.2 Å². The summed E-state index contributed by atoms with van der Waals surface area (Å²) in [6.45, 7) is 4.00. The molecular weight excluding hydrogens is 430 g/mol. The van der Waals surface area contributed by atoms with E-state index < -0.39 is 10.0 Å². The monoisotopic (exact) mass is 461 g/mol. The highest BCUT2D eigenvalue weighted by atomic mass is 32.2. The maximum atomic E-state index is 12.5. The van der Waals surface area contributed by atoms with Gasteiger partial charge in [0.05, 0.1) is 30.3 Å². The van der Waals surface area contributed by atoms with Gasteiger partial charge in [-0.25, -0.2) is 8.42 Å². The molecule has 0 aliphatic rings. The molecule has 0 aliphatic heterocycles. The van der Waals surface area contributed by atoms with Crippen molar-refractivity contribution in [3.8, 4) is 5.75 Å². The van der Waals surface area contributed by atoms with Gasteiger partial charge in [-0.05, 0) is 44.0 Å². The lowest BCUT2D eigenvalue weighted by Crippen LogP contribution is -2.33. The number of hydrogen-bond donors (Lipinski definition) is 2. The zero-order chi connectivity index (χ0) is 23.7. The molecule has 0 saturated heterocycles. The number of para-hydroxylation sites is 3. The summed E-state index contributed by atoms with van der Waals surface area (Å²) in [6.07, 6.45) is 2.29. The summed E-state index contributed by atoms with van der Waals surface area (Å²) in [5, 5.41) is 5.65. The predicted molar refractivity (Wildman–Crippen MR) is 127 cm³/mol. The summed E-state index contributed by atoms with van der Waals surface area (Å²) in [5.41, 5.74) is 1.22. The molecule has 2 aromatic rings. The second-order valence-electron chi connectivity index (χ2n) is 7.49. The Morgan fingerprint density at radius 1 is 1.09 bits per heavy atom. The van der Waals surface area contributed by atoms with Gasteiger partial charge in [0.25, 0.3) is 5.91 Å². The smallest absolute Gasteiger partial charge is 0.253 e. The molecule has 0 unspecified atom stereocenters. The van der Waals surface area contributed by atoms with Crippen LogP contribution in [0.1, 0.15) is 43.5 Å². The number of sulfonamides is 1. The molecule has 0 spiro atoms. The normalized spacial score (nSPS) is 12.0. The average molecular weight is 462 g/mol. The largest absolute Gasteiger partial charge is 0.495 e. The van der Waals surface area contributed by atoms with Crippen LogP contribution in [0.5, 0.6) is 5.75 Å². The molecule has 2 N–H and O–H groups in total. The van der Waals surface area contributed by atoms with Crippen molar-refractivity contribution in [2.75, 3.05) is 29.5 Å². The molecule has 1 atom stereocenters. The number of nitrogens with zero attached hydrogens (tertiary/aromatic N) is 1. The van der Waals surface area contributed by atoms with E-state index >= 15 is 0 Å². The Morgan fingerprint density at radius 2 is 1.75 bits per heavy atom.